The largest absolute Gasteiger partial charge is 0.507 e. The van der Waals surface area contributed by atoms with Crippen molar-refractivity contribution < 1.29 is 92.0 Å². The third-order valence-electron chi connectivity index (χ3n) is 15.7. The van der Waals surface area contributed by atoms with Crippen LogP contribution in [0.4, 0.5) is 16.2 Å². The van der Waals surface area contributed by atoms with E-state index >= 15 is 0 Å². The molecule has 0 radical (unpaired) electrons. The number of aromatic hydroxyl groups is 2. The van der Waals surface area contributed by atoms with Gasteiger partial charge in [0.05, 0.1) is 41.2 Å². The average Bonchev–Trinajstić information content (AvgIpc) is 2.19. The van der Waals surface area contributed by atoms with Crippen molar-refractivity contribution in [3.8, 4) is 11.5 Å². The number of ketones is 3. The number of unbranched alkanes of at least 4 members (excludes halogenated alkanes) is 2. The van der Waals surface area contributed by atoms with Gasteiger partial charge in [0.25, 0.3) is 11.8 Å². The van der Waals surface area contributed by atoms with Crippen LogP contribution in [0.3, 0.4) is 0 Å². The first-order valence-corrected chi connectivity index (χ1v) is 27.2. The molecule has 4 aliphatic heterocycles. The molecule has 0 spiro atoms. The highest BCUT2D eigenvalue weighted by molar-refractivity contribution is 6.32. The molecule has 9 rings (SSSR count). The number of phenolic OH excluding ortho intramolecular Hbond substituents is 2. The number of methoxy groups -OCH3 is 1. The summed E-state index contributed by atoms with van der Waals surface area (Å²) in [6.45, 7) is 6.48. The van der Waals surface area contributed by atoms with Crippen molar-refractivity contribution in [2.45, 2.75) is 140 Å². The zero-order valence-electron chi connectivity index (χ0n) is 45.8. The SMILES string of the molecule is CO[C@H]1OCCN2[C@@H]1O[C@@H]1[C@H](C)O[C@@H](O[C@H]3C[C@](O)(C(=O)CO)Cc4c(O)c5c(c(O)c43)C(=O)c3c(NC(=O)OCc4ccc(NC(=O)[C@H](C)NC(=O)[C@@H](NC(=O)CCCCCN6C(=O)C=CC6=O)C(C)C)cc4)cccc3C5=O)C[C@@H]12. The third-order valence-corrected chi connectivity index (χ3v) is 15.7. The van der Waals surface area contributed by atoms with Crippen LogP contribution in [0.25, 0.3) is 0 Å². The summed E-state index contributed by atoms with van der Waals surface area (Å²) < 4.78 is 35.8. The number of hydrogen-bond acceptors (Lipinski definition) is 20. The number of ether oxygens (including phenoxy) is 6. The maximum absolute atomic E-state index is 14.7. The summed E-state index contributed by atoms with van der Waals surface area (Å²) in [5.41, 5.74) is -3.98. The minimum absolute atomic E-state index is 0.114. The first-order chi connectivity index (χ1) is 39.1. The molecule has 3 fully saturated rings. The molecule has 2 aliphatic carbocycles. The van der Waals surface area contributed by atoms with Gasteiger partial charge in [0, 0.05) is 86.5 Å². The molecule has 3 saturated heterocycles. The number of morpholine rings is 1. The minimum atomic E-state index is -2.35. The highest BCUT2D eigenvalue weighted by Crippen LogP contribution is 2.53. The molecule has 0 saturated carbocycles. The molecule has 25 nitrogen and oxygen atoms in total. The molecule has 6 amide bonds. The Balaban J connectivity index is 0.818. The summed E-state index contributed by atoms with van der Waals surface area (Å²) in [5.74, 6) is -7.04. The van der Waals surface area contributed by atoms with Crippen molar-refractivity contribution in [1.82, 2.24) is 20.4 Å². The first-order valence-electron chi connectivity index (χ1n) is 27.2. The molecule has 82 heavy (non-hydrogen) atoms. The van der Waals surface area contributed by atoms with Crippen LogP contribution in [0.5, 0.6) is 11.5 Å². The third kappa shape index (κ3) is 11.9. The van der Waals surface area contributed by atoms with Crippen molar-refractivity contribution in [2.24, 2.45) is 5.92 Å². The number of carbonyl (C=O) groups excluding carboxylic acids is 9. The number of benzene rings is 3. The maximum Gasteiger partial charge on any atom is 0.411 e. The Bertz CT molecular complexity index is 3070. The van der Waals surface area contributed by atoms with Gasteiger partial charge in [0.2, 0.25) is 17.7 Å². The average molecular weight is 1140 g/mol. The fourth-order valence-corrected chi connectivity index (χ4v) is 11.4. The zero-order chi connectivity index (χ0) is 58.9. The molecule has 8 N–H and O–H groups in total. The number of amides is 6. The number of aliphatic hydroxyl groups is 2. The van der Waals surface area contributed by atoms with Crippen LogP contribution in [0, 0.1) is 5.92 Å². The molecule has 4 heterocycles. The van der Waals surface area contributed by atoms with Crippen LogP contribution >= 0.6 is 0 Å². The van der Waals surface area contributed by atoms with Crippen molar-refractivity contribution >= 4 is 64.4 Å². The Morgan fingerprint density at radius 2 is 1.57 bits per heavy atom. The number of nitrogens with zero attached hydrogens (tertiary/aromatic N) is 2. The fraction of sp³-hybridized carbons (Fsp3) is 0.491. The Morgan fingerprint density at radius 1 is 0.854 bits per heavy atom. The topological polar surface area (TPSA) is 345 Å². The van der Waals surface area contributed by atoms with Crippen molar-refractivity contribution in [3.05, 3.63) is 93.6 Å². The summed E-state index contributed by atoms with van der Waals surface area (Å²) in [6.07, 6.45) is -2.65. The van der Waals surface area contributed by atoms with Crippen LogP contribution < -0.4 is 21.3 Å². The predicted molar refractivity (Wildman–Crippen MR) is 285 cm³/mol. The van der Waals surface area contributed by atoms with E-state index in [2.05, 4.69) is 26.2 Å². The zero-order valence-corrected chi connectivity index (χ0v) is 45.8. The lowest BCUT2D eigenvalue weighted by molar-refractivity contribution is -0.256. The van der Waals surface area contributed by atoms with Gasteiger partial charge in [0.15, 0.2) is 36.2 Å². The summed E-state index contributed by atoms with van der Waals surface area (Å²) in [6, 6.07) is 7.97. The number of anilines is 2. The van der Waals surface area contributed by atoms with E-state index in [1.165, 1.54) is 56.5 Å². The maximum atomic E-state index is 14.7. The highest BCUT2D eigenvalue weighted by Gasteiger charge is 2.55. The van der Waals surface area contributed by atoms with Gasteiger partial charge < -0.3 is 64.8 Å². The second-order valence-electron chi connectivity index (χ2n) is 21.5. The van der Waals surface area contributed by atoms with Crippen molar-refractivity contribution in [2.75, 3.05) is 44.0 Å². The van der Waals surface area contributed by atoms with E-state index < -0.39 is 132 Å². The van der Waals surface area contributed by atoms with Gasteiger partial charge in [-0.15, -0.1) is 0 Å². The lowest BCUT2D eigenvalue weighted by atomic mass is 9.71. The number of imide groups is 1. The number of fused-ring (bicyclic) bond motifs is 6. The number of Topliss-reactive ketones (excluding diaryl/α,β-unsaturated/α-hetero) is 1. The van der Waals surface area contributed by atoms with Crippen LogP contribution in [-0.4, -0.2) is 171 Å². The second-order valence-corrected chi connectivity index (χ2v) is 21.5. The van der Waals surface area contributed by atoms with Crippen molar-refractivity contribution in [1.29, 1.82) is 0 Å². The minimum Gasteiger partial charge on any atom is -0.507 e. The van der Waals surface area contributed by atoms with E-state index in [0.717, 1.165) is 4.90 Å². The van der Waals surface area contributed by atoms with Crippen LogP contribution in [0.1, 0.15) is 121 Å². The lowest BCUT2D eigenvalue weighted by Gasteiger charge is -2.43. The molecule has 438 valence electrons. The number of rotatable bonds is 20. The molecule has 25 heteroatoms. The monoisotopic (exact) mass is 1140 g/mol. The van der Waals surface area contributed by atoms with E-state index in [0.29, 0.717) is 43.7 Å². The van der Waals surface area contributed by atoms with Gasteiger partial charge in [-0.3, -0.25) is 53.5 Å². The van der Waals surface area contributed by atoms with Gasteiger partial charge in [-0.1, -0.05) is 44.5 Å². The smallest absolute Gasteiger partial charge is 0.411 e. The van der Waals surface area contributed by atoms with Gasteiger partial charge in [-0.05, 0) is 56.4 Å². The molecular formula is C57H66N6O19. The van der Waals surface area contributed by atoms with E-state index in [4.69, 9.17) is 28.4 Å². The Labute approximate surface area is 470 Å². The summed E-state index contributed by atoms with van der Waals surface area (Å²) >= 11 is 0. The van der Waals surface area contributed by atoms with Gasteiger partial charge in [-0.2, -0.15) is 0 Å². The fourth-order valence-electron chi connectivity index (χ4n) is 11.4. The molecule has 0 unspecified atom stereocenters. The van der Waals surface area contributed by atoms with Crippen LogP contribution in [0.15, 0.2) is 54.6 Å². The predicted octanol–water partition coefficient (Wildman–Crippen LogP) is 2.52. The number of carbonyl (C=O) groups is 9. The number of phenols is 2. The van der Waals surface area contributed by atoms with E-state index in [1.54, 1.807) is 32.9 Å². The van der Waals surface area contributed by atoms with Gasteiger partial charge in [0.1, 0.15) is 48.5 Å². The Hall–Kier alpha value is -7.49. The van der Waals surface area contributed by atoms with Gasteiger partial charge in [-0.25, -0.2) is 4.79 Å². The van der Waals surface area contributed by atoms with Gasteiger partial charge >= 0.3 is 6.09 Å². The normalized spacial score (nSPS) is 25.3. The van der Waals surface area contributed by atoms with E-state index in [9.17, 15) is 63.6 Å². The van der Waals surface area contributed by atoms with E-state index in [1.807, 2.05) is 0 Å². The molecule has 10 atom stereocenters. The van der Waals surface area contributed by atoms with E-state index in [-0.39, 0.29) is 83.6 Å². The molecule has 0 bridgehead atoms. The molecule has 3 aromatic carbocycles. The summed E-state index contributed by atoms with van der Waals surface area (Å²) in [4.78, 5) is 121. The second kappa shape index (κ2) is 24.5. The molecule has 0 aromatic heterocycles. The molecular weight excluding hydrogens is 1070 g/mol. The Kier molecular flexibility index (Phi) is 17.7. The number of aliphatic hydroxyl groups excluding tert-OH is 1. The standard InChI is InChI=1S/C57H66N6O19/c1-27(2)46(61-38(66)12-7-6-8-19-63-39(67)17-18-40(63)68)53(74)58-28(3)52(73)59-31-15-13-30(14-16-31)26-79-56(75)60-34-11-9-10-32-42(34)49(71)45-44(47(32)69)48(70)33-23-57(76,37(65)25-64)24-36(43(33)50(45)72)81-41-22-35-51(29(4)80-41)82-54-55(77-5)78-21-20-62(35)54/h9-11,13-18,27-29,35-36,41,46,51,54-55,64,70,72,76H,6-8,12,19-26H2,1-5H3,(H,58,74)(H,59,73)(H,60,75)(H,61,66)/t28-,29-,35-,36-,41-,46-,51+,54+,55-,57-/m0/s1. The van der Waals surface area contributed by atoms with Crippen molar-refractivity contribution in [3.63, 3.8) is 0 Å². The van der Waals surface area contributed by atoms with Crippen LogP contribution in [-0.2, 0) is 70.2 Å². The number of nitrogens with one attached hydrogen (secondary N) is 4. The molecule has 3 aromatic rings. The molecule has 6 aliphatic rings. The first kappa shape index (κ1) is 59.1. The lowest BCUT2D eigenvalue weighted by Crippen LogP contribution is -2.55. The quantitative estimate of drug-likeness (QED) is 0.0358. The summed E-state index contributed by atoms with van der Waals surface area (Å²) in [5, 5.41) is 56.4. The Morgan fingerprint density at radius 3 is 2.27 bits per heavy atom. The van der Waals surface area contributed by atoms with Crippen LogP contribution in [0.2, 0.25) is 0 Å². The number of hydrogen-bond donors (Lipinski definition) is 8. The summed E-state index contributed by atoms with van der Waals surface area (Å²) in [7, 11) is 1.51. The highest BCUT2D eigenvalue weighted by atomic mass is 16.7.